The molecule has 37 heavy (non-hydrogen) atoms. The number of amides is 1. The predicted octanol–water partition coefficient (Wildman–Crippen LogP) is 4.59. The highest BCUT2D eigenvalue weighted by molar-refractivity contribution is 7.87. The van der Waals surface area contributed by atoms with E-state index in [0.717, 1.165) is 32.4 Å². The Bertz CT molecular complexity index is 1370. The Hall–Kier alpha value is -2.63. The van der Waals surface area contributed by atoms with Crippen molar-refractivity contribution < 1.29 is 22.5 Å². The number of hydrogen-bond acceptors (Lipinski definition) is 7. The van der Waals surface area contributed by atoms with Crippen LogP contribution in [0.15, 0.2) is 42.5 Å². The lowest BCUT2D eigenvalue weighted by atomic mass is 10.1. The second-order valence-electron chi connectivity index (χ2n) is 8.70. The number of carbonyl (C=O) groups is 1. The monoisotopic (exact) mass is 566 g/mol. The molecule has 0 radical (unpaired) electrons. The predicted molar refractivity (Wildman–Crippen MR) is 143 cm³/mol. The molecule has 3 aromatic rings. The van der Waals surface area contributed by atoms with Crippen LogP contribution >= 0.6 is 23.2 Å². The molecular weight excluding hydrogens is 539 g/mol. The summed E-state index contributed by atoms with van der Waals surface area (Å²) >= 11 is 12.6. The van der Waals surface area contributed by atoms with Gasteiger partial charge in [-0.1, -0.05) is 36.5 Å². The lowest BCUT2D eigenvalue weighted by Crippen LogP contribution is -2.45. The van der Waals surface area contributed by atoms with E-state index in [0.29, 0.717) is 39.0 Å². The molecule has 12 heteroatoms. The summed E-state index contributed by atoms with van der Waals surface area (Å²) in [6.07, 6.45) is 3.51. The van der Waals surface area contributed by atoms with Crippen LogP contribution < -0.4 is 9.61 Å². The number of hydrogen-bond donors (Lipinski definition) is 2. The van der Waals surface area contributed by atoms with E-state index < -0.39 is 22.6 Å². The van der Waals surface area contributed by atoms with Gasteiger partial charge in [-0.25, -0.2) is 9.69 Å². The van der Waals surface area contributed by atoms with Crippen LogP contribution in [0.25, 0.3) is 16.9 Å². The van der Waals surface area contributed by atoms with Gasteiger partial charge in [0.15, 0.2) is 5.69 Å². The van der Waals surface area contributed by atoms with Crippen LogP contribution in [0.5, 0.6) is 5.75 Å². The van der Waals surface area contributed by atoms with Crippen LogP contribution in [0, 0.1) is 0 Å². The molecule has 1 saturated heterocycles. The van der Waals surface area contributed by atoms with E-state index in [9.17, 15) is 18.3 Å². The number of hydrazine groups is 1. The Morgan fingerprint density at radius 3 is 2.43 bits per heavy atom. The fourth-order valence-corrected chi connectivity index (χ4v) is 5.69. The molecule has 0 spiro atoms. The summed E-state index contributed by atoms with van der Waals surface area (Å²) in [4.78, 5) is 13.3. The van der Waals surface area contributed by atoms with Gasteiger partial charge >= 0.3 is 10.1 Å². The van der Waals surface area contributed by atoms with Crippen molar-refractivity contribution in [3.05, 3.63) is 63.8 Å². The zero-order chi connectivity index (χ0) is 26.6. The maximum atomic E-state index is 13.3. The topological polar surface area (TPSA) is 114 Å². The number of halogens is 2. The van der Waals surface area contributed by atoms with Crippen molar-refractivity contribution >= 4 is 39.2 Å². The average molecular weight is 567 g/mol. The fourth-order valence-electron chi connectivity index (χ4n) is 4.22. The van der Waals surface area contributed by atoms with E-state index in [2.05, 4.69) is 10.5 Å². The Kier molecular flexibility index (Phi) is 8.76. The zero-order valence-electron chi connectivity index (χ0n) is 20.3. The highest BCUT2D eigenvalue weighted by atomic mass is 35.5. The van der Waals surface area contributed by atoms with Gasteiger partial charge in [0.2, 0.25) is 0 Å². The minimum atomic E-state index is -3.70. The molecule has 0 saturated carbocycles. The molecule has 2 N–H and O–H groups in total. The number of aliphatic hydroxyl groups is 1. The Labute approximate surface area is 226 Å². The summed E-state index contributed by atoms with van der Waals surface area (Å²) in [5, 5.41) is 17.5. The van der Waals surface area contributed by atoms with Gasteiger partial charge in [-0.15, -0.1) is 0 Å². The SMILES string of the molecule is CCCS(=O)(=O)Oc1ccc(-c2c(CO)c(C(=O)NN3CCCCC3)nn2-c2ccc(Cl)cc2Cl)cc1. The van der Waals surface area contributed by atoms with Crippen molar-refractivity contribution in [2.45, 2.75) is 39.2 Å². The van der Waals surface area contributed by atoms with Crippen molar-refractivity contribution in [1.82, 2.24) is 20.2 Å². The fraction of sp³-hybridized carbons (Fsp3) is 0.360. The summed E-state index contributed by atoms with van der Waals surface area (Å²) < 4.78 is 30.8. The maximum absolute atomic E-state index is 13.3. The number of carbonyl (C=O) groups excluding carboxylic acids is 1. The third-order valence-electron chi connectivity index (χ3n) is 5.92. The normalized spacial score (nSPS) is 14.5. The molecule has 2 heterocycles. The molecule has 0 aliphatic carbocycles. The molecule has 0 bridgehead atoms. The molecule has 1 fully saturated rings. The van der Waals surface area contributed by atoms with Crippen molar-refractivity contribution in [3.8, 4) is 22.7 Å². The third-order valence-corrected chi connectivity index (χ3v) is 7.81. The number of aliphatic hydroxyl groups excluding tert-OH is 1. The van der Waals surface area contributed by atoms with Crippen LogP contribution in [0.4, 0.5) is 0 Å². The van der Waals surface area contributed by atoms with Gasteiger partial charge in [-0.2, -0.15) is 13.5 Å². The average Bonchev–Trinajstić information content (AvgIpc) is 3.24. The standard InChI is InChI=1S/C25H28Cl2N4O5S/c1-2-14-37(34,35)36-19-9-6-17(7-10-19)24-20(16-32)23(25(33)29-30-12-4-3-5-13-30)28-31(24)22-11-8-18(26)15-21(22)27/h6-11,15,32H,2-5,12-14,16H2,1H3,(H,29,33). The summed E-state index contributed by atoms with van der Waals surface area (Å²) in [6, 6.07) is 11.2. The minimum absolute atomic E-state index is 0.0555. The first-order chi connectivity index (χ1) is 17.7. The highest BCUT2D eigenvalue weighted by Gasteiger charge is 2.27. The van der Waals surface area contributed by atoms with Gasteiger partial charge in [-0.3, -0.25) is 10.2 Å². The third kappa shape index (κ3) is 6.45. The molecular formula is C25H28Cl2N4O5S. The van der Waals surface area contributed by atoms with Crippen molar-refractivity contribution in [1.29, 1.82) is 0 Å². The maximum Gasteiger partial charge on any atom is 0.309 e. The molecule has 9 nitrogen and oxygen atoms in total. The van der Waals surface area contributed by atoms with Gasteiger partial charge in [0.25, 0.3) is 5.91 Å². The Morgan fingerprint density at radius 1 is 1.11 bits per heavy atom. The van der Waals surface area contributed by atoms with Crippen LogP contribution in [-0.2, 0) is 16.7 Å². The first-order valence-electron chi connectivity index (χ1n) is 12.0. The molecule has 1 amide bonds. The summed E-state index contributed by atoms with van der Waals surface area (Å²) in [5.74, 6) is -0.385. The van der Waals surface area contributed by atoms with Crippen molar-refractivity contribution in [3.63, 3.8) is 0 Å². The molecule has 1 aliphatic rings. The summed E-state index contributed by atoms with van der Waals surface area (Å²) in [7, 11) is -3.70. The van der Waals surface area contributed by atoms with E-state index in [4.69, 9.17) is 27.4 Å². The number of rotatable bonds is 9. The lowest BCUT2D eigenvalue weighted by Gasteiger charge is -2.26. The molecule has 1 aliphatic heterocycles. The first-order valence-corrected chi connectivity index (χ1v) is 14.3. The largest absolute Gasteiger partial charge is 0.392 e. The molecule has 4 rings (SSSR count). The van der Waals surface area contributed by atoms with E-state index in [1.165, 1.54) is 16.8 Å². The second kappa shape index (κ2) is 11.8. The number of nitrogens with zero attached hydrogens (tertiary/aromatic N) is 3. The van der Waals surface area contributed by atoms with E-state index in [1.54, 1.807) is 37.3 Å². The van der Waals surface area contributed by atoms with Gasteiger partial charge < -0.3 is 9.29 Å². The van der Waals surface area contributed by atoms with E-state index >= 15 is 0 Å². The van der Waals surface area contributed by atoms with E-state index in [1.807, 2.05) is 5.01 Å². The zero-order valence-corrected chi connectivity index (χ0v) is 22.6. The molecule has 198 valence electrons. The van der Waals surface area contributed by atoms with Crippen molar-refractivity contribution in [2.75, 3.05) is 18.8 Å². The number of nitrogens with one attached hydrogen (secondary N) is 1. The summed E-state index contributed by atoms with van der Waals surface area (Å²) in [5.41, 5.74) is 4.70. The Balaban J connectivity index is 1.78. The molecule has 0 atom stereocenters. The summed E-state index contributed by atoms with van der Waals surface area (Å²) in [6.45, 7) is 2.76. The molecule has 0 unspecified atom stereocenters. The van der Waals surface area contributed by atoms with Crippen LogP contribution in [-0.4, -0.2) is 53.1 Å². The van der Waals surface area contributed by atoms with Gasteiger partial charge in [0, 0.05) is 29.2 Å². The van der Waals surface area contributed by atoms with Gasteiger partial charge in [0.05, 0.1) is 28.8 Å². The van der Waals surface area contributed by atoms with E-state index in [-0.39, 0.29) is 17.2 Å². The first kappa shape index (κ1) is 27.4. The van der Waals surface area contributed by atoms with Gasteiger partial charge in [-0.05, 0) is 61.7 Å². The van der Waals surface area contributed by atoms with Gasteiger partial charge in [0.1, 0.15) is 5.75 Å². The highest BCUT2D eigenvalue weighted by Crippen LogP contribution is 2.34. The minimum Gasteiger partial charge on any atom is -0.392 e. The lowest BCUT2D eigenvalue weighted by molar-refractivity contribution is 0.0741. The number of benzene rings is 2. The second-order valence-corrected chi connectivity index (χ2v) is 11.2. The quantitative estimate of drug-likeness (QED) is 0.364. The number of aromatic nitrogens is 2. The van der Waals surface area contributed by atoms with Crippen LogP contribution in [0.1, 0.15) is 48.7 Å². The van der Waals surface area contributed by atoms with Crippen LogP contribution in [0.3, 0.4) is 0 Å². The number of piperidine rings is 1. The van der Waals surface area contributed by atoms with Crippen LogP contribution in [0.2, 0.25) is 10.0 Å². The Morgan fingerprint density at radius 2 is 1.81 bits per heavy atom. The molecule has 2 aromatic carbocycles. The smallest absolute Gasteiger partial charge is 0.309 e. The molecule has 1 aromatic heterocycles. The van der Waals surface area contributed by atoms with Crippen molar-refractivity contribution in [2.24, 2.45) is 0 Å².